The van der Waals surface area contributed by atoms with E-state index in [0.717, 1.165) is 27.7 Å². The van der Waals surface area contributed by atoms with E-state index in [4.69, 9.17) is 5.73 Å². The first-order chi connectivity index (χ1) is 8.61. The average Bonchev–Trinajstić information content (AvgIpc) is 2.81. The second-order valence-corrected chi connectivity index (χ2v) is 6.76. The molecule has 0 saturated heterocycles. The van der Waals surface area contributed by atoms with Crippen molar-refractivity contribution < 1.29 is 0 Å². The minimum atomic E-state index is 0.604. The number of hydrogen-bond donors (Lipinski definition) is 1. The third-order valence-electron chi connectivity index (χ3n) is 3.77. The van der Waals surface area contributed by atoms with Gasteiger partial charge in [-0.05, 0) is 70.3 Å². The van der Waals surface area contributed by atoms with Gasteiger partial charge in [-0.2, -0.15) is 0 Å². The van der Waals surface area contributed by atoms with Crippen molar-refractivity contribution in [2.45, 2.75) is 31.8 Å². The summed E-state index contributed by atoms with van der Waals surface area (Å²) in [6.45, 7) is 1.67. The van der Waals surface area contributed by atoms with Gasteiger partial charge >= 0.3 is 0 Å². The zero-order valence-electron chi connectivity index (χ0n) is 10.6. The Kier molecular flexibility index (Phi) is 5.18. The molecule has 1 fully saturated rings. The molecule has 5 heteroatoms. The van der Waals surface area contributed by atoms with Crippen LogP contribution in [0.15, 0.2) is 21.2 Å². The molecule has 0 aromatic carbocycles. The minimum absolute atomic E-state index is 0.604. The molecule has 1 aromatic heterocycles. The molecule has 0 aliphatic heterocycles. The van der Waals surface area contributed by atoms with Crippen molar-refractivity contribution in [2.24, 2.45) is 11.7 Å². The predicted octanol–water partition coefficient (Wildman–Crippen LogP) is 3.17. The summed E-state index contributed by atoms with van der Waals surface area (Å²) in [5.41, 5.74) is 6.93. The van der Waals surface area contributed by atoms with Gasteiger partial charge in [0.1, 0.15) is 0 Å². The molecule has 0 bridgehead atoms. The summed E-state index contributed by atoms with van der Waals surface area (Å²) in [6.07, 6.45) is 5.67. The van der Waals surface area contributed by atoms with Crippen LogP contribution in [0.2, 0.25) is 0 Å². The van der Waals surface area contributed by atoms with Crippen molar-refractivity contribution >= 4 is 31.9 Å². The van der Waals surface area contributed by atoms with Crippen molar-refractivity contribution in [3.8, 4) is 0 Å². The van der Waals surface area contributed by atoms with Gasteiger partial charge in [-0.1, -0.05) is 6.42 Å². The smallest absolute Gasteiger partial charge is 0.0686 e. The second kappa shape index (κ2) is 6.46. The monoisotopic (exact) mass is 375 g/mol. The number of rotatable bonds is 4. The van der Waals surface area contributed by atoms with Crippen molar-refractivity contribution in [1.82, 2.24) is 9.88 Å². The Hall–Kier alpha value is 0.0300. The Morgan fingerprint density at radius 2 is 2.22 bits per heavy atom. The third kappa shape index (κ3) is 3.32. The van der Waals surface area contributed by atoms with Crippen molar-refractivity contribution in [2.75, 3.05) is 13.6 Å². The number of halogens is 2. The summed E-state index contributed by atoms with van der Waals surface area (Å²) in [6, 6.07) is 2.65. The van der Waals surface area contributed by atoms with E-state index in [1.165, 1.54) is 19.3 Å². The summed E-state index contributed by atoms with van der Waals surface area (Å²) < 4.78 is 2.06. The highest BCUT2D eigenvalue weighted by molar-refractivity contribution is 9.11. The van der Waals surface area contributed by atoms with Crippen LogP contribution < -0.4 is 5.73 Å². The van der Waals surface area contributed by atoms with Crippen molar-refractivity contribution in [3.63, 3.8) is 0 Å². The first kappa shape index (κ1) is 14.4. The quantitative estimate of drug-likeness (QED) is 0.877. The zero-order valence-corrected chi connectivity index (χ0v) is 13.7. The van der Waals surface area contributed by atoms with E-state index >= 15 is 0 Å². The lowest BCUT2D eigenvalue weighted by molar-refractivity contribution is 0.190. The Bertz CT molecular complexity index is 411. The molecule has 2 N–H and O–H groups in total. The Morgan fingerprint density at radius 1 is 1.44 bits per heavy atom. The fourth-order valence-electron chi connectivity index (χ4n) is 2.79. The summed E-state index contributed by atoms with van der Waals surface area (Å²) in [7, 11) is 2.18. The van der Waals surface area contributed by atoms with E-state index in [0.29, 0.717) is 12.0 Å². The topological polar surface area (TPSA) is 42.2 Å². The maximum Gasteiger partial charge on any atom is 0.0686 e. The predicted molar refractivity (Wildman–Crippen MR) is 81.3 cm³/mol. The van der Waals surface area contributed by atoms with Gasteiger partial charge < -0.3 is 5.73 Å². The third-order valence-corrected chi connectivity index (χ3v) is 4.89. The van der Waals surface area contributed by atoms with Crippen LogP contribution in [-0.4, -0.2) is 29.5 Å². The van der Waals surface area contributed by atoms with E-state index in [2.05, 4.69) is 48.8 Å². The number of nitrogens with two attached hydrogens (primary N) is 1. The van der Waals surface area contributed by atoms with Crippen molar-refractivity contribution in [3.05, 3.63) is 26.9 Å². The van der Waals surface area contributed by atoms with Crippen LogP contribution in [0.5, 0.6) is 0 Å². The average molecular weight is 377 g/mol. The lowest BCUT2D eigenvalue weighted by Gasteiger charge is -2.29. The largest absolute Gasteiger partial charge is 0.330 e. The van der Waals surface area contributed by atoms with Crippen LogP contribution in [0.25, 0.3) is 0 Å². The summed E-state index contributed by atoms with van der Waals surface area (Å²) in [5.74, 6) is 0.643. The fourth-order valence-corrected chi connectivity index (χ4v) is 3.90. The Balaban J connectivity index is 2.04. The normalized spacial score (nSPS) is 23.8. The molecule has 1 aromatic rings. The molecule has 1 aliphatic rings. The first-order valence-corrected chi connectivity index (χ1v) is 7.90. The molecule has 100 valence electrons. The SMILES string of the molecule is CN(Cc1ncc(Br)cc1Br)C1CCCC1CN. The Labute approximate surface area is 125 Å². The summed E-state index contributed by atoms with van der Waals surface area (Å²) in [4.78, 5) is 6.87. The van der Waals surface area contributed by atoms with Gasteiger partial charge in [-0.15, -0.1) is 0 Å². The fraction of sp³-hybridized carbons (Fsp3) is 0.615. The molecule has 18 heavy (non-hydrogen) atoms. The minimum Gasteiger partial charge on any atom is -0.330 e. The van der Waals surface area contributed by atoms with Gasteiger partial charge in [0.05, 0.1) is 5.69 Å². The van der Waals surface area contributed by atoms with Gasteiger partial charge in [-0.3, -0.25) is 9.88 Å². The van der Waals surface area contributed by atoms with Crippen molar-refractivity contribution in [1.29, 1.82) is 0 Å². The Morgan fingerprint density at radius 3 is 2.89 bits per heavy atom. The van der Waals surface area contributed by atoms with E-state index in [1.807, 2.05) is 12.3 Å². The second-order valence-electron chi connectivity index (χ2n) is 4.99. The molecule has 1 aliphatic carbocycles. The van der Waals surface area contributed by atoms with E-state index in [9.17, 15) is 0 Å². The molecule has 0 amide bonds. The summed E-state index contributed by atoms with van der Waals surface area (Å²) in [5, 5.41) is 0. The van der Waals surface area contributed by atoms with E-state index < -0.39 is 0 Å². The van der Waals surface area contributed by atoms with Gasteiger partial charge in [0.15, 0.2) is 0 Å². The van der Waals surface area contributed by atoms with Crippen LogP contribution in [0.4, 0.5) is 0 Å². The first-order valence-electron chi connectivity index (χ1n) is 6.32. The molecular formula is C13H19Br2N3. The van der Waals surface area contributed by atoms with Gasteiger partial charge in [0.2, 0.25) is 0 Å². The molecule has 2 unspecified atom stereocenters. The lowest BCUT2D eigenvalue weighted by Crippen LogP contribution is -2.37. The molecule has 2 rings (SSSR count). The van der Waals surface area contributed by atoms with Gasteiger partial charge in [0, 0.05) is 27.7 Å². The number of pyridine rings is 1. The van der Waals surface area contributed by atoms with Crippen LogP contribution in [0, 0.1) is 5.92 Å². The molecule has 3 nitrogen and oxygen atoms in total. The van der Waals surface area contributed by atoms with E-state index in [-0.39, 0.29) is 0 Å². The number of hydrogen-bond acceptors (Lipinski definition) is 3. The molecule has 0 radical (unpaired) electrons. The van der Waals surface area contributed by atoms with Crippen LogP contribution in [-0.2, 0) is 6.54 Å². The van der Waals surface area contributed by atoms with Gasteiger partial charge in [0.25, 0.3) is 0 Å². The molecule has 2 atom stereocenters. The number of nitrogens with zero attached hydrogens (tertiary/aromatic N) is 2. The summed E-state index contributed by atoms with van der Waals surface area (Å²) >= 11 is 7.00. The maximum atomic E-state index is 5.85. The molecule has 0 spiro atoms. The highest BCUT2D eigenvalue weighted by Gasteiger charge is 2.29. The standard InChI is InChI=1S/C13H19Br2N3/c1-18(13-4-2-3-9(13)6-16)8-12-11(15)5-10(14)7-17-12/h5,7,9,13H,2-4,6,8,16H2,1H3. The van der Waals surface area contributed by atoms with Crippen LogP contribution in [0.3, 0.4) is 0 Å². The maximum absolute atomic E-state index is 5.85. The highest BCUT2D eigenvalue weighted by atomic mass is 79.9. The lowest BCUT2D eigenvalue weighted by atomic mass is 10.0. The van der Waals surface area contributed by atoms with Gasteiger partial charge in [-0.25, -0.2) is 0 Å². The highest BCUT2D eigenvalue weighted by Crippen LogP contribution is 2.30. The molecule has 1 saturated carbocycles. The molecular weight excluding hydrogens is 358 g/mol. The van der Waals surface area contributed by atoms with Crippen LogP contribution in [0.1, 0.15) is 25.0 Å². The zero-order chi connectivity index (χ0) is 13.1. The van der Waals surface area contributed by atoms with E-state index in [1.54, 1.807) is 0 Å². The molecule has 1 heterocycles. The van der Waals surface area contributed by atoms with Crippen LogP contribution >= 0.6 is 31.9 Å². The number of aromatic nitrogens is 1.